The molecule has 0 bridgehead atoms. The summed E-state index contributed by atoms with van der Waals surface area (Å²) in [7, 11) is 0. The van der Waals surface area contributed by atoms with Crippen molar-refractivity contribution in [2.45, 2.75) is 18.3 Å². The summed E-state index contributed by atoms with van der Waals surface area (Å²) in [5.41, 5.74) is 1.98. The topological polar surface area (TPSA) is 68.2 Å². The van der Waals surface area contributed by atoms with E-state index in [1.807, 2.05) is 53.9 Å². The van der Waals surface area contributed by atoms with Gasteiger partial charge in [-0.05, 0) is 29.7 Å². The van der Waals surface area contributed by atoms with Crippen LogP contribution in [0.25, 0.3) is 17.3 Å². The summed E-state index contributed by atoms with van der Waals surface area (Å²) in [6.45, 7) is 5.24. The fourth-order valence-corrected chi connectivity index (χ4v) is 4.11. The highest BCUT2D eigenvalue weighted by Crippen LogP contribution is 2.39. The zero-order chi connectivity index (χ0) is 20.2. The molecule has 1 aliphatic rings. The van der Waals surface area contributed by atoms with Crippen LogP contribution in [0.3, 0.4) is 0 Å². The lowest BCUT2D eigenvalue weighted by Gasteiger charge is -2.27. The molecule has 3 aromatic rings. The molecule has 6 nitrogen and oxygen atoms in total. The number of carbonyl (C=O) groups is 1. The Morgan fingerprint density at radius 2 is 2.17 bits per heavy atom. The fraction of sp³-hybridized carbons (Fsp3) is 0.143. The molecule has 0 saturated carbocycles. The first-order valence-corrected chi connectivity index (χ1v) is 10.8. The molecule has 146 valence electrons. The second-order valence-corrected chi connectivity index (χ2v) is 8.10. The first kappa shape index (κ1) is 19.4. The largest absolute Gasteiger partial charge is 0.448 e. The predicted molar refractivity (Wildman–Crippen MR) is 117 cm³/mol. The number of fused-ring (bicyclic) bond motifs is 3. The van der Waals surface area contributed by atoms with E-state index in [1.54, 1.807) is 22.3 Å². The molecule has 0 N–H and O–H groups in total. The van der Waals surface area contributed by atoms with Crippen LogP contribution in [0.1, 0.15) is 11.8 Å². The van der Waals surface area contributed by atoms with E-state index in [-0.39, 0.29) is 5.91 Å². The number of hydrogen-bond acceptors (Lipinski definition) is 7. The molecule has 1 aliphatic heterocycles. The third-order valence-electron chi connectivity index (χ3n) is 4.18. The molecule has 4 rings (SSSR count). The summed E-state index contributed by atoms with van der Waals surface area (Å²) in [4.78, 5) is 19.8. The summed E-state index contributed by atoms with van der Waals surface area (Å²) in [6, 6.07) is 11.5. The number of amides is 1. The number of para-hydroxylation sites is 1. The monoisotopic (exact) mass is 422 g/mol. The highest BCUT2D eigenvalue weighted by molar-refractivity contribution is 7.99. The van der Waals surface area contributed by atoms with Crippen LogP contribution in [0.15, 0.2) is 65.7 Å². The number of aromatic nitrogens is 3. The van der Waals surface area contributed by atoms with Gasteiger partial charge in [-0.25, -0.2) is 0 Å². The molecule has 0 radical (unpaired) electrons. The van der Waals surface area contributed by atoms with E-state index in [1.165, 1.54) is 18.7 Å². The Kier molecular flexibility index (Phi) is 5.73. The Labute approximate surface area is 177 Å². The Bertz CT molecular complexity index is 1070. The summed E-state index contributed by atoms with van der Waals surface area (Å²) in [5.74, 6) is 0.877. The van der Waals surface area contributed by atoms with Crippen LogP contribution in [0.4, 0.5) is 5.69 Å². The number of rotatable bonds is 5. The molecule has 3 heterocycles. The van der Waals surface area contributed by atoms with Gasteiger partial charge in [0.05, 0.1) is 5.69 Å². The Morgan fingerprint density at radius 1 is 1.31 bits per heavy atom. The maximum atomic E-state index is 12.6. The lowest BCUT2D eigenvalue weighted by molar-refractivity contribution is -0.117. The van der Waals surface area contributed by atoms with Gasteiger partial charge in [-0.2, -0.15) is 4.98 Å². The van der Waals surface area contributed by atoms with E-state index in [9.17, 15) is 4.79 Å². The minimum atomic E-state index is -0.661. The minimum Gasteiger partial charge on any atom is -0.448 e. The van der Waals surface area contributed by atoms with Gasteiger partial charge in [-0.15, -0.1) is 28.1 Å². The molecular formula is C21H18N4O2S2. The van der Waals surface area contributed by atoms with Gasteiger partial charge in [-0.1, -0.05) is 42.1 Å². The first-order chi connectivity index (χ1) is 14.2. The van der Waals surface area contributed by atoms with E-state index in [0.29, 0.717) is 28.2 Å². The van der Waals surface area contributed by atoms with Crippen molar-refractivity contribution in [2.75, 3.05) is 10.7 Å². The van der Waals surface area contributed by atoms with E-state index in [2.05, 4.69) is 21.8 Å². The van der Waals surface area contributed by atoms with E-state index < -0.39 is 6.23 Å². The fourth-order valence-electron chi connectivity index (χ4n) is 2.97. The molecule has 1 amide bonds. The molecule has 8 heteroatoms. The van der Waals surface area contributed by atoms with Crippen molar-refractivity contribution in [2.24, 2.45) is 0 Å². The number of ether oxygens (including phenoxy) is 1. The molecule has 0 fully saturated rings. The molecule has 1 aromatic carbocycles. The zero-order valence-electron chi connectivity index (χ0n) is 15.7. The number of benzene rings is 1. The van der Waals surface area contributed by atoms with Crippen LogP contribution in [-0.2, 0) is 4.79 Å². The van der Waals surface area contributed by atoms with Gasteiger partial charge in [0.25, 0.3) is 0 Å². The molecular weight excluding hydrogens is 404 g/mol. The second-order valence-electron chi connectivity index (χ2n) is 6.14. The Morgan fingerprint density at radius 3 is 2.93 bits per heavy atom. The maximum Gasteiger partial charge on any atom is 0.247 e. The van der Waals surface area contributed by atoms with Crippen molar-refractivity contribution in [3.05, 3.63) is 65.4 Å². The van der Waals surface area contributed by atoms with Crippen molar-refractivity contribution in [3.63, 3.8) is 0 Å². The summed E-state index contributed by atoms with van der Waals surface area (Å²) >= 11 is 3.03. The van der Waals surface area contributed by atoms with Crippen LogP contribution in [-0.4, -0.2) is 33.1 Å². The second kappa shape index (κ2) is 8.59. The van der Waals surface area contributed by atoms with Crippen LogP contribution in [0, 0.1) is 0 Å². The Balaban J connectivity index is 1.82. The van der Waals surface area contributed by atoms with Crippen molar-refractivity contribution in [3.8, 4) is 17.1 Å². The van der Waals surface area contributed by atoms with Crippen molar-refractivity contribution in [1.29, 1.82) is 0 Å². The predicted octanol–water partition coefficient (Wildman–Crippen LogP) is 4.66. The molecule has 0 unspecified atom stereocenters. The molecule has 0 saturated heterocycles. The summed E-state index contributed by atoms with van der Waals surface area (Å²) < 4.78 is 6.20. The summed E-state index contributed by atoms with van der Waals surface area (Å²) in [6.07, 6.45) is 4.92. The number of nitrogens with zero attached hydrogens (tertiary/aromatic N) is 4. The first-order valence-electron chi connectivity index (χ1n) is 8.93. The number of carbonyl (C=O) groups excluding carboxylic acids is 1. The van der Waals surface area contributed by atoms with Crippen LogP contribution in [0.5, 0.6) is 5.88 Å². The van der Waals surface area contributed by atoms with Crippen molar-refractivity contribution < 1.29 is 9.53 Å². The van der Waals surface area contributed by atoms with Crippen LogP contribution >= 0.6 is 23.1 Å². The quantitative estimate of drug-likeness (QED) is 0.440. The van der Waals surface area contributed by atoms with Gasteiger partial charge in [0.1, 0.15) is 0 Å². The lowest BCUT2D eigenvalue weighted by atomic mass is 10.1. The standard InChI is InChI=1S/C21H18N4O2S2/c1-3-12-29-21-22-20-19(23-24-21)16-8-4-5-9-17(16)25(14(2)26)18(27-20)11-10-15-7-6-13-28-15/h3-11,13,18H,1,12H2,2H3/b11-10+/t18-/m0/s1. The molecule has 29 heavy (non-hydrogen) atoms. The normalized spacial score (nSPS) is 15.3. The number of hydrogen-bond donors (Lipinski definition) is 0. The molecule has 1 atom stereocenters. The molecule has 0 aliphatic carbocycles. The average Bonchev–Trinajstić information content (AvgIpc) is 3.20. The average molecular weight is 423 g/mol. The van der Waals surface area contributed by atoms with E-state index in [4.69, 9.17) is 4.74 Å². The van der Waals surface area contributed by atoms with Gasteiger partial charge in [0.15, 0.2) is 11.9 Å². The molecule has 2 aromatic heterocycles. The molecule has 0 spiro atoms. The Hall–Kier alpha value is -2.97. The smallest absolute Gasteiger partial charge is 0.247 e. The highest BCUT2D eigenvalue weighted by Gasteiger charge is 2.32. The minimum absolute atomic E-state index is 0.139. The van der Waals surface area contributed by atoms with Gasteiger partial charge in [-0.3, -0.25) is 9.69 Å². The van der Waals surface area contributed by atoms with E-state index in [0.717, 1.165) is 10.4 Å². The number of anilines is 1. The highest BCUT2D eigenvalue weighted by atomic mass is 32.2. The third-order valence-corrected chi connectivity index (χ3v) is 5.85. The van der Waals surface area contributed by atoms with Gasteiger partial charge < -0.3 is 4.74 Å². The van der Waals surface area contributed by atoms with E-state index >= 15 is 0 Å². The van der Waals surface area contributed by atoms with Gasteiger partial charge >= 0.3 is 0 Å². The number of thioether (sulfide) groups is 1. The van der Waals surface area contributed by atoms with Gasteiger partial charge in [0.2, 0.25) is 16.9 Å². The number of thiophene rings is 1. The van der Waals surface area contributed by atoms with Crippen molar-refractivity contribution >= 4 is 40.8 Å². The maximum absolute atomic E-state index is 12.6. The third kappa shape index (κ3) is 4.08. The van der Waals surface area contributed by atoms with Crippen molar-refractivity contribution in [1.82, 2.24) is 15.2 Å². The lowest BCUT2D eigenvalue weighted by Crippen LogP contribution is -2.41. The van der Waals surface area contributed by atoms with Gasteiger partial charge in [0, 0.05) is 23.1 Å². The summed E-state index contributed by atoms with van der Waals surface area (Å²) in [5, 5.41) is 11.1. The van der Waals surface area contributed by atoms with Crippen LogP contribution in [0.2, 0.25) is 0 Å². The zero-order valence-corrected chi connectivity index (χ0v) is 17.3. The van der Waals surface area contributed by atoms with Crippen LogP contribution < -0.4 is 9.64 Å². The SMILES string of the molecule is C=CCSc1nnc2c(n1)O[C@@H](/C=C/c1cccs1)N(C(C)=O)c1ccccc1-2.